The minimum Gasteiger partial charge on any atom is -0.486 e. The molecule has 1 aromatic rings. The van der Waals surface area contributed by atoms with Crippen molar-refractivity contribution in [2.45, 2.75) is 30.7 Å². The summed E-state index contributed by atoms with van der Waals surface area (Å²) in [6.07, 6.45) is 0.117. The number of carboxylic acid groups (broad SMARTS) is 1. The zero-order valence-electron chi connectivity index (χ0n) is 11.8. The molecule has 8 heteroatoms. The molecule has 1 atom stereocenters. The Bertz CT molecular complexity index is 657. The monoisotopic (exact) mass is 315 g/mol. The van der Waals surface area contributed by atoms with Gasteiger partial charge in [-0.3, -0.25) is 4.79 Å². The zero-order valence-corrected chi connectivity index (χ0v) is 12.6. The molecule has 1 aliphatic rings. The molecule has 1 aliphatic heterocycles. The molecule has 0 saturated heterocycles. The van der Waals surface area contributed by atoms with E-state index in [2.05, 4.69) is 4.72 Å². The number of hydrogen-bond donors (Lipinski definition) is 2. The van der Waals surface area contributed by atoms with E-state index in [1.54, 1.807) is 6.92 Å². The molecule has 0 fully saturated rings. The molecular weight excluding hydrogens is 298 g/mol. The van der Waals surface area contributed by atoms with Gasteiger partial charge in [0, 0.05) is 6.07 Å². The van der Waals surface area contributed by atoms with E-state index in [1.807, 2.05) is 0 Å². The van der Waals surface area contributed by atoms with Crippen LogP contribution in [0.15, 0.2) is 23.1 Å². The Hall–Kier alpha value is -1.80. The maximum absolute atomic E-state index is 12.3. The molecule has 0 bridgehead atoms. The number of carboxylic acids is 1. The smallest absolute Gasteiger partial charge is 0.324 e. The lowest BCUT2D eigenvalue weighted by molar-refractivity contribution is -0.143. The average Bonchev–Trinajstić information content (AvgIpc) is 2.46. The molecule has 0 saturated carbocycles. The molecule has 0 spiro atoms. The summed E-state index contributed by atoms with van der Waals surface area (Å²) >= 11 is 0. The average molecular weight is 315 g/mol. The van der Waals surface area contributed by atoms with Crippen molar-refractivity contribution >= 4 is 16.0 Å². The SMILES string of the molecule is CCC(C)(NS(=O)(=O)c1ccc2c(c1)OCCO2)C(=O)O. The van der Waals surface area contributed by atoms with Crippen LogP contribution < -0.4 is 14.2 Å². The van der Waals surface area contributed by atoms with Crippen molar-refractivity contribution in [3.05, 3.63) is 18.2 Å². The lowest BCUT2D eigenvalue weighted by atomic mass is 10.0. The minimum atomic E-state index is -3.97. The van der Waals surface area contributed by atoms with E-state index in [9.17, 15) is 13.2 Å². The van der Waals surface area contributed by atoms with Gasteiger partial charge in [0.1, 0.15) is 18.8 Å². The van der Waals surface area contributed by atoms with E-state index in [4.69, 9.17) is 14.6 Å². The van der Waals surface area contributed by atoms with Gasteiger partial charge in [-0.05, 0) is 25.5 Å². The number of fused-ring (bicyclic) bond motifs is 1. The van der Waals surface area contributed by atoms with Gasteiger partial charge < -0.3 is 14.6 Å². The third-order valence-electron chi connectivity index (χ3n) is 3.36. The number of sulfonamides is 1. The van der Waals surface area contributed by atoms with E-state index in [0.29, 0.717) is 24.7 Å². The molecule has 0 aliphatic carbocycles. The van der Waals surface area contributed by atoms with Crippen molar-refractivity contribution in [2.75, 3.05) is 13.2 Å². The number of ether oxygens (including phenoxy) is 2. The summed E-state index contributed by atoms with van der Waals surface area (Å²) in [6.45, 7) is 3.67. The third kappa shape index (κ3) is 3.11. The number of hydrogen-bond acceptors (Lipinski definition) is 5. The van der Waals surface area contributed by atoms with Crippen LogP contribution >= 0.6 is 0 Å². The molecule has 2 rings (SSSR count). The van der Waals surface area contributed by atoms with Gasteiger partial charge in [0.25, 0.3) is 0 Å². The van der Waals surface area contributed by atoms with E-state index in [0.717, 1.165) is 0 Å². The van der Waals surface area contributed by atoms with E-state index < -0.39 is 21.5 Å². The Morgan fingerprint density at radius 2 is 1.95 bits per heavy atom. The Morgan fingerprint density at radius 1 is 1.33 bits per heavy atom. The highest BCUT2D eigenvalue weighted by Crippen LogP contribution is 2.32. The van der Waals surface area contributed by atoms with Crippen LogP contribution in [0.5, 0.6) is 11.5 Å². The quantitative estimate of drug-likeness (QED) is 0.840. The largest absolute Gasteiger partial charge is 0.486 e. The fourth-order valence-electron chi connectivity index (χ4n) is 1.81. The van der Waals surface area contributed by atoms with Crippen molar-refractivity contribution in [1.82, 2.24) is 4.72 Å². The first kappa shape index (κ1) is 15.6. The van der Waals surface area contributed by atoms with Crippen LogP contribution in [0, 0.1) is 0 Å². The predicted molar refractivity (Wildman–Crippen MR) is 74.1 cm³/mol. The summed E-state index contributed by atoms with van der Waals surface area (Å²) in [4.78, 5) is 11.2. The highest BCUT2D eigenvalue weighted by Gasteiger charge is 2.36. The van der Waals surface area contributed by atoms with Crippen LogP contribution in [0.2, 0.25) is 0 Å². The van der Waals surface area contributed by atoms with E-state index >= 15 is 0 Å². The Morgan fingerprint density at radius 3 is 2.52 bits per heavy atom. The van der Waals surface area contributed by atoms with Crippen LogP contribution in [0.1, 0.15) is 20.3 Å². The number of rotatable bonds is 5. The van der Waals surface area contributed by atoms with Gasteiger partial charge in [0.15, 0.2) is 11.5 Å². The molecule has 0 aromatic heterocycles. The second-order valence-electron chi connectivity index (χ2n) is 4.90. The molecule has 1 aromatic carbocycles. The van der Waals surface area contributed by atoms with Gasteiger partial charge in [-0.25, -0.2) is 8.42 Å². The number of nitrogens with one attached hydrogen (secondary N) is 1. The molecule has 7 nitrogen and oxygen atoms in total. The van der Waals surface area contributed by atoms with E-state index in [1.165, 1.54) is 25.1 Å². The summed E-state index contributed by atoms with van der Waals surface area (Å²) < 4.78 is 37.5. The van der Waals surface area contributed by atoms with Gasteiger partial charge >= 0.3 is 5.97 Å². The first-order valence-corrected chi connectivity index (χ1v) is 7.94. The van der Waals surface area contributed by atoms with Gasteiger partial charge in [0.05, 0.1) is 4.90 Å². The molecule has 21 heavy (non-hydrogen) atoms. The van der Waals surface area contributed by atoms with Crippen LogP contribution in [-0.4, -0.2) is 38.2 Å². The Kier molecular flexibility index (Phi) is 4.11. The molecule has 0 amide bonds. The van der Waals surface area contributed by atoms with Crippen LogP contribution in [0.3, 0.4) is 0 Å². The van der Waals surface area contributed by atoms with Crippen molar-refractivity contribution in [3.63, 3.8) is 0 Å². The van der Waals surface area contributed by atoms with E-state index in [-0.39, 0.29) is 11.3 Å². The third-order valence-corrected chi connectivity index (χ3v) is 4.96. The fourth-order valence-corrected chi connectivity index (χ4v) is 3.27. The Balaban J connectivity index is 2.34. The Labute approximate surface area is 122 Å². The normalized spacial score (nSPS) is 17.0. The maximum Gasteiger partial charge on any atom is 0.324 e. The summed E-state index contributed by atoms with van der Waals surface area (Å²) in [6, 6.07) is 4.18. The van der Waals surface area contributed by atoms with Crippen molar-refractivity contribution in [1.29, 1.82) is 0 Å². The first-order chi connectivity index (χ1) is 9.78. The zero-order chi connectivity index (χ0) is 15.7. The van der Waals surface area contributed by atoms with Crippen LogP contribution in [0.25, 0.3) is 0 Å². The molecule has 0 radical (unpaired) electrons. The van der Waals surface area contributed by atoms with Crippen molar-refractivity contribution in [2.24, 2.45) is 0 Å². The standard InChI is InChI=1S/C13H17NO6S/c1-3-13(2,12(15)16)14-21(17,18)9-4-5-10-11(8-9)20-7-6-19-10/h4-5,8,14H,3,6-7H2,1-2H3,(H,15,16). The topological polar surface area (TPSA) is 102 Å². The van der Waals surface area contributed by atoms with Gasteiger partial charge in [-0.15, -0.1) is 0 Å². The number of carbonyl (C=O) groups is 1. The molecule has 1 heterocycles. The number of aliphatic carboxylic acids is 1. The molecular formula is C13H17NO6S. The van der Waals surface area contributed by atoms with Crippen molar-refractivity contribution in [3.8, 4) is 11.5 Å². The summed E-state index contributed by atoms with van der Waals surface area (Å²) in [5.41, 5.74) is -1.56. The van der Waals surface area contributed by atoms with Gasteiger partial charge in [-0.2, -0.15) is 4.72 Å². The molecule has 116 valence electrons. The summed E-state index contributed by atoms with van der Waals surface area (Å²) in [5, 5.41) is 9.16. The molecule has 2 N–H and O–H groups in total. The highest BCUT2D eigenvalue weighted by molar-refractivity contribution is 7.89. The second kappa shape index (κ2) is 5.53. The number of benzene rings is 1. The minimum absolute atomic E-state index is 0.0623. The lowest BCUT2D eigenvalue weighted by Gasteiger charge is -2.25. The van der Waals surface area contributed by atoms with Gasteiger partial charge in [0.2, 0.25) is 10.0 Å². The van der Waals surface area contributed by atoms with Crippen LogP contribution in [-0.2, 0) is 14.8 Å². The van der Waals surface area contributed by atoms with Crippen LogP contribution in [0.4, 0.5) is 0 Å². The second-order valence-corrected chi connectivity index (χ2v) is 6.58. The maximum atomic E-state index is 12.3. The fraction of sp³-hybridized carbons (Fsp3) is 0.462. The van der Waals surface area contributed by atoms with Crippen molar-refractivity contribution < 1.29 is 27.8 Å². The van der Waals surface area contributed by atoms with Gasteiger partial charge in [-0.1, -0.05) is 6.92 Å². The first-order valence-electron chi connectivity index (χ1n) is 6.45. The molecule has 1 unspecified atom stereocenters. The predicted octanol–water partition coefficient (Wildman–Crippen LogP) is 0.989. The lowest BCUT2D eigenvalue weighted by Crippen LogP contribution is -2.51. The summed E-state index contributed by atoms with van der Waals surface area (Å²) in [7, 11) is -3.97. The summed E-state index contributed by atoms with van der Waals surface area (Å²) in [5.74, 6) is -0.430. The highest BCUT2D eigenvalue weighted by atomic mass is 32.2.